The summed E-state index contributed by atoms with van der Waals surface area (Å²) in [5.74, 6) is 0.418. The van der Waals surface area contributed by atoms with Crippen LogP contribution in [0.5, 0.6) is 5.75 Å². The molecule has 34 heavy (non-hydrogen) atoms. The molecular weight excluding hydrogens is 512 g/mol. The number of nitrogens with one attached hydrogen (secondary N) is 2. The molecule has 1 amide bonds. The van der Waals surface area contributed by atoms with Gasteiger partial charge in [-0.05, 0) is 64.0 Å². The zero-order chi connectivity index (χ0) is 23.8. The summed E-state index contributed by atoms with van der Waals surface area (Å²) in [5.41, 5.74) is 6.64. The summed E-state index contributed by atoms with van der Waals surface area (Å²) in [6.07, 6.45) is 3.26. The summed E-state index contributed by atoms with van der Waals surface area (Å²) in [4.78, 5) is 17.1. The van der Waals surface area contributed by atoms with E-state index in [2.05, 4.69) is 43.3 Å². The number of amides is 1. The molecule has 3 aromatic carbocycles. The summed E-state index contributed by atoms with van der Waals surface area (Å²) < 4.78 is 6.32. The number of nitrogens with zero attached hydrogens (tertiary/aromatic N) is 2. The quantitative estimate of drug-likeness (QED) is 0.144. The van der Waals surface area contributed by atoms with Gasteiger partial charge in [0.2, 0.25) is 0 Å². The Kier molecular flexibility index (Phi) is 7.85. The number of thiazole rings is 1. The maximum absolute atomic E-state index is 12.4. The number of aromatic nitrogens is 1. The zero-order valence-corrected chi connectivity index (χ0v) is 20.5. The highest BCUT2D eigenvalue weighted by Gasteiger charge is 2.08. The van der Waals surface area contributed by atoms with Gasteiger partial charge in [-0.2, -0.15) is 5.10 Å². The zero-order valence-electron chi connectivity index (χ0n) is 18.1. The first-order valence-electron chi connectivity index (χ1n) is 10.4. The molecule has 1 heterocycles. The van der Waals surface area contributed by atoms with Crippen molar-refractivity contribution in [2.75, 3.05) is 11.9 Å². The lowest BCUT2D eigenvalue weighted by atomic mass is 10.1. The van der Waals surface area contributed by atoms with Crippen molar-refractivity contribution < 1.29 is 9.53 Å². The number of halogens is 1. The van der Waals surface area contributed by atoms with E-state index in [-0.39, 0.29) is 5.91 Å². The fraction of sp³-hybridized carbons (Fsp3) is 0.0385. The topological polar surface area (TPSA) is 75.6 Å². The number of carbonyl (C=O) groups excluding carboxylic acids is 1. The van der Waals surface area contributed by atoms with Gasteiger partial charge >= 0.3 is 0 Å². The van der Waals surface area contributed by atoms with Crippen molar-refractivity contribution in [2.24, 2.45) is 5.10 Å². The maximum atomic E-state index is 12.4. The Morgan fingerprint density at radius 3 is 2.65 bits per heavy atom. The normalized spacial score (nSPS) is 10.7. The van der Waals surface area contributed by atoms with E-state index in [1.54, 1.807) is 24.4 Å². The number of hydrogen-bond donors (Lipinski definition) is 2. The van der Waals surface area contributed by atoms with Gasteiger partial charge in [-0.25, -0.2) is 10.4 Å². The van der Waals surface area contributed by atoms with Crippen molar-refractivity contribution in [3.63, 3.8) is 0 Å². The van der Waals surface area contributed by atoms with Gasteiger partial charge in [-0.15, -0.1) is 11.3 Å². The van der Waals surface area contributed by atoms with Gasteiger partial charge in [0.25, 0.3) is 5.91 Å². The third-order valence-electron chi connectivity index (χ3n) is 4.66. The molecule has 6 nitrogen and oxygen atoms in total. The minimum absolute atomic E-state index is 0.294. The molecule has 4 aromatic rings. The fourth-order valence-electron chi connectivity index (χ4n) is 2.99. The van der Waals surface area contributed by atoms with Gasteiger partial charge < -0.3 is 10.1 Å². The summed E-state index contributed by atoms with van der Waals surface area (Å²) in [5, 5.41) is 10.1. The van der Waals surface area contributed by atoms with Gasteiger partial charge in [0, 0.05) is 22.2 Å². The van der Waals surface area contributed by atoms with Crippen molar-refractivity contribution in [3.05, 3.63) is 106 Å². The van der Waals surface area contributed by atoms with Crippen LogP contribution in [0.1, 0.15) is 15.9 Å². The second-order valence-electron chi connectivity index (χ2n) is 7.09. The molecule has 0 radical (unpaired) electrons. The smallest absolute Gasteiger partial charge is 0.271 e. The Morgan fingerprint density at radius 2 is 1.91 bits per heavy atom. The lowest BCUT2D eigenvalue weighted by molar-refractivity contribution is 0.0955. The Hall–Kier alpha value is -3.75. The van der Waals surface area contributed by atoms with E-state index in [1.165, 1.54) is 11.3 Å². The van der Waals surface area contributed by atoms with Crippen molar-refractivity contribution in [1.29, 1.82) is 0 Å². The summed E-state index contributed by atoms with van der Waals surface area (Å²) in [7, 11) is 0. The van der Waals surface area contributed by atoms with Crippen molar-refractivity contribution in [1.82, 2.24) is 10.4 Å². The number of rotatable bonds is 9. The lowest BCUT2D eigenvalue weighted by Gasteiger charge is -2.06. The van der Waals surface area contributed by atoms with Crippen LogP contribution in [0.15, 0.2) is 100 Å². The third-order valence-corrected chi connectivity index (χ3v) is 6.04. The number of benzene rings is 3. The Labute approximate surface area is 210 Å². The molecule has 0 fully saturated rings. The summed E-state index contributed by atoms with van der Waals surface area (Å²) >= 11 is 4.99. The van der Waals surface area contributed by atoms with Crippen molar-refractivity contribution in [3.8, 4) is 17.0 Å². The van der Waals surface area contributed by atoms with Crippen LogP contribution in [-0.4, -0.2) is 23.7 Å². The lowest BCUT2D eigenvalue weighted by Crippen LogP contribution is -2.17. The average Bonchev–Trinajstić information content (AvgIpc) is 3.32. The van der Waals surface area contributed by atoms with E-state index in [0.29, 0.717) is 17.9 Å². The number of anilines is 2. The van der Waals surface area contributed by atoms with Gasteiger partial charge in [0.1, 0.15) is 12.4 Å². The van der Waals surface area contributed by atoms with E-state index in [9.17, 15) is 4.79 Å². The van der Waals surface area contributed by atoms with Crippen LogP contribution < -0.4 is 15.5 Å². The standard InChI is InChI=1S/C26H21BrN4O2S/c1-2-14-33-24-13-8-18(15-22(24)27)16-28-31-25(32)20-11-9-19(10-12-20)23-17-34-26(30-23)29-21-6-4-3-5-7-21/h2-13,15-17H,1,14H2,(H,29,30)(H,31,32)/b28-16-. The molecule has 2 N–H and O–H groups in total. The van der Waals surface area contributed by atoms with Gasteiger partial charge in [-0.1, -0.05) is 43.0 Å². The van der Waals surface area contributed by atoms with Crippen molar-refractivity contribution >= 4 is 50.2 Å². The second kappa shape index (κ2) is 11.4. The SMILES string of the molecule is C=CCOc1ccc(/C=N\NC(=O)c2ccc(-c3csc(Nc4ccccc4)n3)cc2)cc1Br. The Balaban J connectivity index is 1.34. The maximum Gasteiger partial charge on any atom is 0.271 e. The van der Waals surface area contributed by atoms with Gasteiger partial charge in [0.15, 0.2) is 5.13 Å². The molecule has 0 aliphatic carbocycles. The van der Waals surface area contributed by atoms with Crippen LogP contribution in [0.3, 0.4) is 0 Å². The Bertz CT molecular complexity index is 1300. The highest BCUT2D eigenvalue weighted by atomic mass is 79.9. The molecule has 0 spiro atoms. The Morgan fingerprint density at radius 1 is 1.12 bits per heavy atom. The first-order valence-corrected chi connectivity index (χ1v) is 12.0. The highest BCUT2D eigenvalue weighted by molar-refractivity contribution is 9.10. The van der Waals surface area contributed by atoms with Crippen molar-refractivity contribution in [2.45, 2.75) is 0 Å². The first kappa shape index (κ1) is 23.4. The van der Waals surface area contributed by atoms with Gasteiger partial charge in [0.05, 0.1) is 16.4 Å². The molecule has 0 aliphatic heterocycles. The number of para-hydroxylation sites is 1. The molecule has 0 aliphatic rings. The monoisotopic (exact) mass is 532 g/mol. The molecule has 0 bridgehead atoms. The third kappa shape index (κ3) is 6.18. The molecule has 4 rings (SSSR count). The van der Waals surface area contributed by atoms with E-state index >= 15 is 0 Å². The van der Waals surface area contributed by atoms with Crippen LogP contribution >= 0.6 is 27.3 Å². The number of hydrogen-bond acceptors (Lipinski definition) is 6. The van der Waals surface area contributed by atoms with E-state index in [4.69, 9.17) is 4.74 Å². The number of ether oxygens (including phenoxy) is 1. The minimum atomic E-state index is -0.294. The molecule has 8 heteroatoms. The first-order chi connectivity index (χ1) is 16.6. The van der Waals surface area contributed by atoms with E-state index in [1.807, 2.05) is 66.0 Å². The average molecular weight is 533 g/mol. The van der Waals surface area contributed by atoms with Crippen LogP contribution in [0.4, 0.5) is 10.8 Å². The van der Waals surface area contributed by atoms with Crippen LogP contribution in [0.2, 0.25) is 0 Å². The second-order valence-corrected chi connectivity index (χ2v) is 8.81. The fourth-order valence-corrected chi connectivity index (χ4v) is 4.25. The predicted octanol–water partition coefficient (Wildman–Crippen LogP) is 6.64. The molecule has 0 atom stereocenters. The minimum Gasteiger partial charge on any atom is -0.488 e. The molecule has 0 saturated carbocycles. The highest BCUT2D eigenvalue weighted by Crippen LogP contribution is 2.27. The number of carbonyl (C=O) groups is 1. The van der Waals surface area contributed by atoms with E-state index in [0.717, 1.165) is 32.1 Å². The van der Waals surface area contributed by atoms with Crippen LogP contribution in [0.25, 0.3) is 11.3 Å². The molecule has 0 unspecified atom stereocenters. The molecular formula is C26H21BrN4O2S. The van der Waals surface area contributed by atoms with Crippen LogP contribution in [-0.2, 0) is 0 Å². The molecule has 170 valence electrons. The van der Waals surface area contributed by atoms with Gasteiger partial charge in [-0.3, -0.25) is 4.79 Å². The predicted molar refractivity (Wildman–Crippen MR) is 142 cm³/mol. The summed E-state index contributed by atoms with van der Waals surface area (Å²) in [6.45, 7) is 4.06. The van der Waals surface area contributed by atoms with Crippen LogP contribution in [0, 0.1) is 0 Å². The molecule has 1 aromatic heterocycles. The summed E-state index contributed by atoms with van der Waals surface area (Å²) in [6, 6.07) is 22.7. The largest absolute Gasteiger partial charge is 0.488 e. The van der Waals surface area contributed by atoms with E-state index < -0.39 is 0 Å². The number of hydrazone groups is 1. The molecule has 0 saturated heterocycles.